The van der Waals surface area contributed by atoms with Crippen molar-refractivity contribution >= 4 is 0 Å². The quantitative estimate of drug-likeness (QED) is 0.811. The van der Waals surface area contributed by atoms with Gasteiger partial charge in [-0.15, -0.1) is 0 Å². The second kappa shape index (κ2) is 6.15. The second-order valence-corrected chi connectivity index (χ2v) is 5.00. The summed E-state index contributed by atoms with van der Waals surface area (Å²) in [6.45, 7) is 8.04. The molecule has 0 fully saturated rings. The van der Waals surface area contributed by atoms with E-state index in [0.717, 1.165) is 6.54 Å². The summed E-state index contributed by atoms with van der Waals surface area (Å²) < 4.78 is 0. The van der Waals surface area contributed by atoms with Crippen molar-refractivity contribution in [3.05, 3.63) is 34.4 Å². The summed E-state index contributed by atoms with van der Waals surface area (Å²) in [6, 6.07) is 4.31. The van der Waals surface area contributed by atoms with Crippen molar-refractivity contribution in [2.75, 3.05) is 20.2 Å². The van der Waals surface area contributed by atoms with Crippen molar-refractivity contribution in [3.8, 4) is 0 Å². The molecule has 0 aliphatic heterocycles. The van der Waals surface area contributed by atoms with E-state index in [4.69, 9.17) is 10.8 Å². The van der Waals surface area contributed by atoms with Crippen molar-refractivity contribution in [1.82, 2.24) is 4.90 Å². The van der Waals surface area contributed by atoms with Crippen molar-refractivity contribution < 1.29 is 5.11 Å². The van der Waals surface area contributed by atoms with E-state index in [2.05, 4.69) is 37.8 Å². The number of rotatable bonds is 5. The van der Waals surface area contributed by atoms with Crippen LogP contribution < -0.4 is 5.73 Å². The van der Waals surface area contributed by atoms with Crippen LogP contribution in [-0.4, -0.2) is 36.2 Å². The van der Waals surface area contributed by atoms with Gasteiger partial charge in [0.15, 0.2) is 0 Å². The van der Waals surface area contributed by atoms with Gasteiger partial charge in [-0.05, 0) is 50.1 Å². The minimum absolute atomic E-state index is 0.0379. The van der Waals surface area contributed by atoms with Gasteiger partial charge in [0.1, 0.15) is 0 Å². The second-order valence-electron chi connectivity index (χ2n) is 5.00. The molecule has 0 saturated heterocycles. The number of hydrogen-bond acceptors (Lipinski definition) is 3. The maximum Gasteiger partial charge on any atom is 0.0595 e. The molecule has 0 aromatic heterocycles. The fraction of sp³-hybridized carbons (Fsp3) is 0.571. The zero-order chi connectivity index (χ0) is 13.0. The van der Waals surface area contributed by atoms with Crippen LogP contribution in [0.2, 0.25) is 0 Å². The highest BCUT2D eigenvalue weighted by atomic mass is 16.3. The van der Waals surface area contributed by atoms with E-state index >= 15 is 0 Å². The molecule has 0 radical (unpaired) electrons. The molecule has 1 aromatic carbocycles. The van der Waals surface area contributed by atoms with Crippen molar-refractivity contribution in [2.45, 2.75) is 33.4 Å². The number of hydrogen-bond donors (Lipinski definition) is 2. The SMILES string of the molecule is Cc1cc(C)c(CN(C)CC(N)CO)cc1C. The standard InChI is InChI=1S/C14H24N2O/c1-10-5-12(3)13(6-11(10)2)7-16(4)8-14(15)9-17/h5-6,14,17H,7-9,15H2,1-4H3. The lowest BCUT2D eigenvalue weighted by atomic mass is 10.0. The first-order valence-electron chi connectivity index (χ1n) is 6.05. The Morgan fingerprint density at radius 2 is 1.76 bits per heavy atom. The third kappa shape index (κ3) is 4.11. The Bertz CT molecular complexity index is 377. The van der Waals surface area contributed by atoms with Crippen LogP contribution in [0.1, 0.15) is 22.3 Å². The summed E-state index contributed by atoms with van der Waals surface area (Å²) in [6.07, 6.45) is 0. The summed E-state index contributed by atoms with van der Waals surface area (Å²) in [5.74, 6) is 0. The van der Waals surface area contributed by atoms with Crippen LogP contribution in [-0.2, 0) is 6.54 Å². The van der Waals surface area contributed by atoms with Crippen molar-refractivity contribution in [2.24, 2.45) is 5.73 Å². The van der Waals surface area contributed by atoms with Gasteiger partial charge in [0.2, 0.25) is 0 Å². The Balaban J connectivity index is 2.71. The largest absolute Gasteiger partial charge is 0.395 e. The molecule has 1 atom stereocenters. The van der Waals surface area contributed by atoms with Gasteiger partial charge in [-0.25, -0.2) is 0 Å². The van der Waals surface area contributed by atoms with Gasteiger partial charge in [0, 0.05) is 19.1 Å². The van der Waals surface area contributed by atoms with Gasteiger partial charge in [-0.1, -0.05) is 12.1 Å². The maximum atomic E-state index is 8.93. The summed E-state index contributed by atoms with van der Waals surface area (Å²) in [5.41, 5.74) is 11.0. The molecular weight excluding hydrogens is 212 g/mol. The molecule has 1 aromatic rings. The number of benzene rings is 1. The van der Waals surface area contributed by atoms with Crippen LogP contribution >= 0.6 is 0 Å². The molecule has 96 valence electrons. The molecule has 0 heterocycles. The van der Waals surface area contributed by atoms with E-state index in [1.807, 2.05) is 7.05 Å². The Hall–Kier alpha value is -0.900. The molecule has 3 nitrogen and oxygen atoms in total. The lowest BCUT2D eigenvalue weighted by molar-refractivity contribution is 0.218. The van der Waals surface area contributed by atoms with Crippen LogP contribution in [0, 0.1) is 20.8 Å². The lowest BCUT2D eigenvalue weighted by Gasteiger charge is -2.21. The Kier molecular flexibility index (Phi) is 5.12. The molecule has 0 aliphatic carbocycles. The van der Waals surface area contributed by atoms with E-state index in [0.29, 0.717) is 6.54 Å². The smallest absolute Gasteiger partial charge is 0.0595 e. The van der Waals surface area contributed by atoms with Crippen molar-refractivity contribution in [1.29, 1.82) is 0 Å². The van der Waals surface area contributed by atoms with E-state index in [1.165, 1.54) is 22.3 Å². The minimum Gasteiger partial charge on any atom is -0.395 e. The number of aryl methyl sites for hydroxylation is 3. The normalized spacial score (nSPS) is 13.1. The van der Waals surface area contributed by atoms with Crippen LogP contribution in [0.25, 0.3) is 0 Å². The molecule has 17 heavy (non-hydrogen) atoms. The predicted molar refractivity (Wildman–Crippen MR) is 72.0 cm³/mol. The van der Waals surface area contributed by atoms with Crippen LogP contribution in [0.3, 0.4) is 0 Å². The Morgan fingerprint density at radius 3 is 2.35 bits per heavy atom. The average molecular weight is 236 g/mol. The van der Waals surface area contributed by atoms with Gasteiger partial charge in [0.25, 0.3) is 0 Å². The summed E-state index contributed by atoms with van der Waals surface area (Å²) in [7, 11) is 2.03. The molecule has 1 rings (SSSR count). The molecule has 3 heteroatoms. The number of aliphatic hydroxyl groups excluding tert-OH is 1. The monoisotopic (exact) mass is 236 g/mol. The van der Waals surface area contributed by atoms with Gasteiger partial charge in [0.05, 0.1) is 6.61 Å². The van der Waals surface area contributed by atoms with E-state index in [9.17, 15) is 0 Å². The number of aliphatic hydroxyl groups is 1. The van der Waals surface area contributed by atoms with Crippen LogP contribution in [0.5, 0.6) is 0 Å². The van der Waals surface area contributed by atoms with Gasteiger partial charge >= 0.3 is 0 Å². The molecule has 0 saturated carbocycles. The fourth-order valence-electron chi connectivity index (χ4n) is 2.00. The minimum atomic E-state index is -0.160. The summed E-state index contributed by atoms with van der Waals surface area (Å²) in [5, 5.41) is 8.93. The third-order valence-electron chi connectivity index (χ3n) is 3.17. The molecule has 0 spiro atoms. The van der Waals surface area contributed by atoms with E-state index in [1.54, 1.807) is 0 Å². The average Bonchev–Trinajstić information content (AvgIpc) is 2.25. The molecule has 3 N–H and O–H groups in total. The van der Waals surface area contributed by atoms with E-state index in [-0.39, 0.29) is 12.6 Å². The Labute approximate surface area is 104 Å². The zero-order valence-electron chi connectivity index (χ0n) is 11.3. The van der Waals surface area contributed by atoms with Crippen LogP contribution in [0.15, 0.2) is 12.1 Å². The number of nitrogens with zero attached hydrogens (tertiary/aromatic N) is 1. The summed E-state index contributed by atoms with van der Waals surface area (Å²) >= 11 is 0. The van der Waals surface area contributed by atoms with Gasteiger partial charge in [-0.3, -0.25) is 0 Å². The molecule has 0 amide bonds. The fourth-order valence-corrected chi connectivity index (χ4v) is 2.00. The highest BCUT2D eigenvalue weighted by Gasteiger charge is 2.08. The van der Waals surface area contributed by atoms with Crippen molar-refractivity contribution in [3.63, 3.8) is 0 Å². The predicted octanol–water partition coefficient (Wildman–Crippen LogP) is 1.36. The van der Waals surface area contributed by atoms with E-state index < -0.39 is 0 Å². The highest BCUT2D eigenvalue weighted by Crippen LogP contribution is 2.16. The van der Waals surface area contributed by atoms with Gasteiger partial charge in [-0.2, -0.15) is 0 Å². The molecule has 1 unspecified atom stereocenters. The first-order chi connectivity index (χ1) is 7.93. The number of likely N-dealkylation sites (N-methyl/N-ethyl adjacent to an activating group) is 1. The van der Waals surface area contributed by atoms with Gasteiger partial charge < -0.3 is 15.7 Å². The maximum absolute atomic E-state index is 8.93. The third-order valence-corrected chi connectivity index (χ3v) is 3.17. The molecule has 0 bridgehead atoms. The van der Waals surface area contributed by atoms with Crippen LogP contribution in [0.4, 0.5) is 0 Å². The molecule has 0 aliphatic rings. The topological polar surface area (TPSA) is 49.5 Å². The zero-order valence-corrected chi connectivity index (χ0v) is 11.3. The highest BCUT2D eigenvalue weighted by molar-refractivity contribution is 5.36. The first kappa shape index (κ1) is 14.2. The summed E-state index contributed by atoms with van der Waals surface area (Å²) in [4.78, 5) is 2.15. The Morgan fingerprint density at radius 1 is 1.18 bits per heavy atom. The first-order valence-corrected chi connectivity index (χ1v) is 6.05. The molecular formula is C14H24N2O. The number of nitrogens with two attached hydrogens (primary N) is 1. The lowest BCUT2D eigenvalue weighted by Crippen LogP contribution is -2.37.